The Morgan fingerprint density at radius 3 is 2.40 bits per heavy atom. The maximum absolute atomic E-state index is 11.6. The lowest BCUT2D eigenvalue weighted by Gasteiger charge is -2.26. The standard InChI is InChI=1S/C15H24N2O2.ClH/c1-3-15(16,4-2)12-17-14(18)11-19-10-13-8-6-5-7-9-13;/h5-9H,3-4,10-12,16H2,1-2H3,(H,17,18);1H. The molecular weight excluding hydrogens is 276 g/mol. The van der Waals surface area contributed by atoms with Gasteiger partial charge in [0.2, 0.25) is 5.91 Å². The Bertz CT molecular complexity index is 381. The van der Waals surface area contributed by atoms with Crippen molar-refractivity contribution in [2.75, 3.05) is 13.2 Å². The summed E-state index contributed by atoms with van der Waals surface area (Å²) in [6, 6.07) is 9.79. The molecule has 0 unspecified atom stereocenters. The maximum Gasteiger partial charge on any atom is 0.246 e. The minimum Gasteiger partial charge on any atom is -0.367 e. The van der Waals surface area contributed by atoms with Crippen molar-refractivity contribution in [1.29, 1.82) is 0 Å². The van der Waals surface area contributed by atoms with Crippen molar-refractivity contribution in [2.24, 2.45) is 5.73 Å². The Labute approximate surface area is 127 Å². The van der Waals surface area contributed by atoms with Gasteiger partial charge in [0.25, 0.3) is 0 Å². The molecule has 0 bridgehead atoms. The van der Waals surface area contributed by atoms with Gasteiger partial charge in [0.15, 0.2) is 0 Å². The summed E-state index contributed by atoms with van der Waals surface area (Å²) in [5, 5.41) is 2.82. The number of ether oxygens (including phenoxy) is 1. The Morgan fingerprint density at radius 1 is 1.25 bits per heavy atom. The lowest BCUT2D eigenvalue weighted by Crippen LogP contribution is -2.49. The first-order valence-electron chi connectivity index (χ1n) is 6.77. The van der Waals surface area contributed by atoms with E-state index in [1.165, 1.54) is 0 Å². The van der Waals surface area contributed by atoms with Gasteiger partial charge in [-0.05, 0) is 18.4 Å². The second kappa shape index (κ2) is 9.75. The number of benzene rings is 1. The molecule has 0 aliphatic heterocycles. The van der Waals surface area contributed by atoms with Gasteiger partial charge >= 0.3 is 0 Å². The van der Waals surface area contributed by atoms with Crippen molar-refractivity contribution in [3.63, 3.8) is 0 Å². The van der Waals surface area contributed by atoms with Gasteiger partial charge in [0.05, 0.1) is 6.61 Å². The first-order valence-corrected chi connectivity index (χ1v) is 6.77. The molecule has 1 aromatic rings. The highest BCUT2D eigenvalue weighted by molar-refractivity contribution is 5.85. The van der Waals surface area contributed by atoms with Gasteiger partial charge in [-0.3, -0.25) is 4.79 Å². The Balaban J connectivity index is 0.00000361. The van der Waals surface area contributed by atoms with E-state index >= 15 is 0 Å². The van der Waals surface area contributed by atoms with Crippen LogP contribution < -0.4 is 11.1 Å². The van der Waals surface area contributed by atoms with E-state index in [0.29, 0.717) is 13.2 Å². The molecule has 1 amide bonds. The number of rotatable bonds is 8. The fraction of sp³-hybridized carbons (Fsp3) is 0.533. The number of nitrogens with one attached hydrogen (secondary N) is 1. The third-order valence-corrected chi connectivity index (χ3v) is 3.39. The van der Waals surface area contributed by atoms with Crippen LogP contribution in [0.2, 0.25) is 0 Å². The number of halogens is 1. The number of nitrogens with two attached hydrogens (primary N) is 1. The zero-order valence-electron chi connectivity index (χ0n) is 12.2. The van der Waals surface area contributed by atoms with Crippen LogP contribution in [-0.4, -0.2) is 24.6 Å². The predicted molar refractivity (Wildman–Crippen MR) is 83.9 cm³/mol. The second-order valence-electron chi connectivity index (χ2n) is 4.82. The zero-order chi connectivity index (χ0) is 14.1. The van der Waals surface area contributed by atoms with Crippen molar-refractivity contribution in [1.82, 2.24) is 5.32 Å². The smallest absolute Gasteiger partial charge is 0.246 e. The van der Waals surface area contributed by atoms with E-state index in [1.54, 1.807) is 0 Å². The Hall–Kier alpha value is -1.10. The normalized spacial score (nSPS) is 10.8. The van der Waals surface area contributed by atoms with Gasteiger partial charge in [0, 0.05) is 12.1 Å². The van der Waals surface area contributed by atoms with E-state index in [9.17, 15) is 4.79 Å². The maximum atomic E-state index is 11.6. The molecule has 1 aromatic carbocycles. The summed E-state index contributed by atoms with van der Waals surface area (Å²) in [6.07, 6.45) is 1.68. The van der Waals surface area contributed by atoms with Crippen LogP contribution in [0, 0.1) is 0 Å². The zero-order valence-corrected chi connectivity index (χ0v) is 13.0. The lowest BCUT2D eigenvalue weighted by molar-refractivity contribution is -0.126. The molecule has 0 aromatic heterocycles. The molecule has 0 heterocycles. The fourth-order valence-electron chi connectivity index (χ4n) is 1.66. The molecule has 1 rings (SSSR count). The van der Waals surface area contributed by atoms with Gasteiger partial charge in [-0.25, -0.2) is 0 Å². The largest absolute Gasteiger partial charge is 0.367 e. The van der Waals surface area contributed by atoms with Crippen LogP contribution >= 0.6 is 12.4 Å². The number of hydrogen-bond donors (Lipinski definition) is 2. The van der Waals surface area contributed by atoms with Crippen LogP contribution in [0.4, 0.5) is 0 Å². The highest BCUT2D eigenvalue weighted by Crippen LogP contribution is 2.09. The SMILES string of the molecule is CCC(N)(CC)CNC(=O)COCc1ccccc1.Cl. The molecule has 20 heavy (non-hydrogen) atoms. The minimum absolute atomic E-state index is 0. The summed E-state index contributed by atoms with van der Waals surface area (Å²) in [4.78, 5) is 11.6. The summed E-state index contributed by atoms with van der Waals surface area (Å²) in [6.45, 7) is 5.07. The third kappa shape index (κ3) is 6.89. The van der Waals surface area contributed by atoms with Gasteiger partial charge in [-0.1, -0.05) is 44.2 Å². The van der Waals surface area contributed by atoms with Crippen LogP contribution in [0.25, 0.3) is 0 Å². The third-order valence-electron chi connectivity index (χ3n) is 3.39. The number of hydrogen-bond acceptors (Lipinski definition) is 3. The predicted octanol–water partition coefficient (Wildman–Crippen LogP) is 2.26. The molecule has 5 heteroatoms. The summed E-state index contributed by atoms with van der Waals surface area (Å²) in [5.74, 6) is -0.118. The molecule has 0 fully saturated rings. The molecule has 4 nitrogen and oxygen atoms in total. The van der Waals surface area contributed by atoms with Crippen molar-refractivity contribution < 1.29 is 9.53 Å². The quantitative estimate of drug-likeness (QED) is 0.774. The van der Waals surface area contributed by atoms with Crippen molar-refractivity contribution in [2.45, 2.75) is 38.8 Å². The van der Waals surface area contributed by atoms with E-state index in [2.05, 4.69) is 5.32 Å². The van der Waals surface area contributed by atoms with E-state index in [1.807, 2.05) is 44.2 Å². The molecule has 0 saturated carbocycles. The molecule has 0 saturated heterocycles. The first-order chi connectivity index (χ1) is 9.09. The minimum atomic E-state index is -0.310. The van der Waals surface area contributed by atoms with Crippen LogP contribution in [0.5, 0.6) is 0 Å². The van der Waals surface area contributed by atoms with Crippen molar-refractivity contribution >= 4 is 18.3 Å². The first kappa shape index (κ1) is 18.9. The summed E-state index contributed by atoms with van der Waals surface area (Å²) >= 11 is 0. The molecule has 0 aliphatic carbocycles. The molecule has 0 spiro atoms. The fourth-order valence-corrected chi connectivity index (χ4v) is 1.66. The van der Waals surface area contributed by atoms with Crippen molar-refractivity contribution in [3.05, 3.63) is 35.9 Å². The van der Waals surface area contributed by atoms with Crippen LogP contribution in [0.15, 0.2) is 30.3 Å². The molecule has 0 atom stereocenters. The van der Waals surface area contributed by atoms with E-state index in [0.717, 1.165) is 18.4 Å². The highest BCUT2D eigenvalue weighted by Gasteiger charge is 2.20. The topological polar surface area (TPSA) is 64.3 Å². The molecule has 3 N–H and O–H groups in total. The van der Waals surface area contributed by atoms with Gasteiger partial charge in [-0.15, -0.1) is 12.4 Å². The van der Waals surface area contributed by atoms with Crippen LogP contribution in [0.1, 0.15) is 32.3 Å². The number of amides is 1. The van der Waals surface area contributed by atoms with Gasteiger partial charge in [-0.2, -0.15) is 0 Å². The van der Waals surface area contributed by atoms with Gasteiger partial charge in [0.1, 0.15) is 6.61 Å². The number of carbonyl (C=O) groups is 1. The van der Waals surface area contributed by atoms with Crippen molar-refractivity contribution in [3.8, 4) is 0 Å². The summed E-state index contributed by atoms with van der Waals surface area (Å²) in [7, 11) is 0. The van der Waals surface area contributed by atoms with E-state index in [-0.39, 0.29) is 30.5 Å². The average Bonchev–Trinajstić information content (AvgIpc) is 2.46. The molecule has 0 aliphatic rings. The van der Waals surface area contributed by atoms with E-state index in [4.69, 9.17) is 10.5 Å². The van der Waals surface area contributed by atoms with Crippen LogP contribution in [0.3, 0.4) is 0 Å². The van der Waals surface area contributed by atoms with E-state index < -0.39 is 0 Å². The average molecular weight is 301 g/mol. The number of carbonyl (C=O) groups excluding carboxylic acids is 1. The monoisotopic (exact) mass is 300 g/mol. The second-order valence-corrected chi connectivity index (χ2v) is 4.82. The van der Waals surface area contributed by atoms with Crippen LogP contribution in [-0.2, 0) is 16.1 Å². The molecule has 114 valence electrons. The Kier molecular flexibility index (Phi) is 9.21. The summed E-state index contributed by atoms with van der Waals surface area (Å²) in [5.41, 5.74) is 6.86. The summed E-state index contributed by atoms with van der Waals surface area (Å²) < 4.78 is 5.36. The highest BCUT2D eigenvalue weighted by atomic mass is 35.5. The Morgan fingerprint density at radius 2 is 1.85 bits per heavy atom. The van der Waals surface area contributed by atoms with Gasteiger partial charge < -0.3 is 15.8 Å². The lowest BCUT2D eigenvalue weighted by atomic mass is 9.94. The molecular formula is C15H25ClN2O2. The molecule has 0 radical (unpaired) electrons.